The van der Waals surface area contributed by atoms with E-state index >= 15 is 0 Å². The van der Waals surface area contributed by atoms with E-state index in [2.05, 4.69) is 10.1 Å². The van der Waals surface area contributed by atoms with Crippen molar-refractivity contribution in [3.8, 4) is 0 Å². The number of benzene rings is 1. The molecule has 0 bridgehead atoms. The Hall–Kier alpha value is -3.43. The number of non-ortho nitro benzene ring substituents is 1. The number of amides is 1. The molecule has 2 rings (SSSR count). The lowest BCUT2D eigenvalue weighted by atomic mass is 9.76. The summed E-state index contributed by atoms with van der Waals surface area (Å²) in [6, 6.07) is 4.50. The van der Waals surface area contributed by atoms with Crippen LogP contribution in [-0.4, -0.2) is 50.3 Å². The molecule has 11 nitrogen and oxygen atoms in total. The fraction of sp³-hybridized carbons (Fsp3) is 0.412. The summed E-state index contributed by atoms with van der Waals surface area (Å²) in [4.78, 5) is 48.8. The van der Waals surface area contributed by atoms with Crippen LogP contribution in [0, 0.1) is 22.0 Å². The van der Waals surface area contributed by atoms with Gasteiger partial charge < -0.3 is 20.7 Å². The number of rotatable bonds is 8. The first-order valence-corrected chi connectivity index (χ1v) is 8.32. The van der Waals surface area contributed by atoms with Gasteiger partial charge in [-0.3, -0.25) is 19.7 Å². The minimum atomic E-state index is -1.18. The number of nitrogens with zero attached hydrogens (tertiary/aromatic N) is 3. The van der Waals surface area contributed by atoms with Gasteiger partial charge in [-0.1, -0.05) is 6.92 Å². The van der Waals surface area contributed by atoms with Crippen molar-refractivity contribution in [1.29, 1.82) is 0 Å². The van der Waals surface area contributed by atoms with Crippen molar-refractivity contribution in [2.75, 3.05) is 0 Å². The molecule has 0 aromatic heterocycles. The topological polar surface area (TPSA) is 172 Å². The number of carbonyl (C=O) groups is 3. The Bertz CT molecular complexity index is 859. The van der Waals surface area contributed by atoms with Crippen LogP contribution in [0.15, 0.2) is 24.3 Å². The third-order valence-corrected chi connectivity index (χ3v) is 4.51. The highest BCUT2D eigenvalue weighted by Crippen LogP contribution is 2.26. The number of ether oxygens (including phenoxy) is 1. The van der Waals surface area contributed by atoms with E-state index in [4.69, 9.17) is 10.3 Å². The van der Waals surface area contributed by atoms with E-state index in [0.29, 0.717) is 5.56 Å². The van der Waals surface area contributed by atoms with Gasteiger partial charge in [0.25, 0.3) is 11.5 Å². The lowest BCUT2D eigenvalue weighted by Gasteiger charge is -2.40. The summed E-state index contributed by atoms with van der Waals surface area (Å²) < 4.78 is 4.92. The molecule has 1 aromatic rings. The quantitative estimate of drug-likeness (QED) is 0.0919. The largest absolute Gasteiger partial charge is 0.452 e. The fourth-order valence-corrected chi connectivity index (χ4v) is 2.87. The number of aliphatic hydroxyl groups is 1. The highest BCUT2D eigenvalue weighted by Gasteiger charge is 2.50. The van der Waals surface area contributed by atoms with Gasteiger partial charge in [-0.15, -0.1) is 0 Å². The third-order valence-electron chi connectivity index (χ3n) is 4.51. The average Bonchev–Trinajstić information content (AvgIpc) is 2.63. The molecule has 1 fully saturated rings. The molecule has 0 saturated carbocycles. The van der Waals surface area contributed by atoms with E-state index in [1.54, 1.807) is 0 Å². The van der Waals surface area contributed by atoms with Crippen molar-refractivity contribution >= 4 is 29.1 Å². The monoisotopic (exact) mass is 390 g/mol. The van der Waals surface area contributed by atoms with Crippen LogP contribution in [-0.2, 0) is 25.7 Å². The molecule has 0 radical (unpaired) electrons. The Morgan fingerprint density at radius 2 is 1.96 bits per heavy atom. The van der Waals surface area contributed by atoms with E-state index in [-0.39, 0.29) is 12.3 Å². The van der Waals surface area contributed by atoms with Crippen LogP contribution in [0.1, 0.15) is 19.4 Å². The van der Waals surface area contributed by atoms with Gasteiger partial charge in [0.2, 0.25) is 5.91 Å². The summed E-state index contributed by atoms with van der Waals surface area (Å²) >= 11 is 0. The maximum absolute atomic E-state index is 12.5. The second-order valence-electron chi connectivity index (χ2n) is 6.40. The van der Waals surface area contributed by atoms with Crippen molar-refractivity contribution in [3.05, 3.63) is 45.5 Å². The number of ketones is 1. The Kier molecular flexibility index (Phi) is 6.34. The molecule has 1 saturated heterocycles. The molecular weight excluding hydrogens is 372 g/mol. The zero-order valence-electron chi connectivity index (χ0n) is 15.1. The molecule has 1 heterocycles. The van der Waals surface area contributed by atoms with Crippen LogP contribution < -0.4 is 5.32 Å². The predicted octanol–water partition coefficient (Wildman–Crippen LogP) is 0.00940. The molecule has 28 heavy (non-hydrogen) atoms. The second-order valence-corrected chi connectivity index (χ2v) is 6.40. The first-order valence-electron chi connectivity index (χ1n) is 8.32. The van der Waals surface area contributed by atoms with Crippen molar-refractivity contribution in [1.82, 2.24) is 5.32 Å². The molecule has 0 aliphatic carbocycles. The molecule has 11 heteroatoms. The number of hydrogen-bond acceptors (Lipinski definition) is 7. The van der Waals surface area contributed by atoms with E-state index in [1.165, 1.54) is 38.1 Å². The molecule has 148 valence electrons. The number of nitro benzene ring substituents is 1. The van der Waals surface area contributed by atoms with Crippen LogP contribution in [0.25, 0.3) is 5.53 Å². The highest BCUT2D eigenvalue weighted by molar-refractivity contribution is 6.62. The Balaban J connectivity index is 2.00. The van der Waals surface area contributed by atoms with Crippen LogP contribution in [0.2, 0.25) is 0 Å². The highest BCUT2D eigenvalue weighted by atomic mass is 16.6. The number of Topliss-reactive ketones (excluding diaryl/α,β-unsaturated/α-hetero) is 1. The number of β-lactam (4-membered cyclic amide) rings is 1. The molecule has 1 aliphatic heterocycles. The number of esters is 1. The smallest absolute Gasteiger partial charge is 0.441 e. The van der Waals surface area contributed by atoms with E-state index < -0.39 is 52.3 Å². The Morgan fingerprint density at radius 1 is 1.36 bits per heavy atom. The van der Waals surface area contributed by atoms with Crippen LogP contribution in [0.5, 0.6) is 0 Å². The zero-order valence-corrected chi connectivity index (χ0v) is 15.1. The number of hydrogen-bond donors (Lipinski definition) is 2. The number of aliphatic hydroxyl groups excluding tert-OH is 1. The second kappa shape index (κ2) is 8.51. The molecule has 2 N–H and O–H groups in total. The summed E-state index contributed by atoms with van der Waals surface area (Å²) in [7, 11) is 0. The average molecular weight is 390 g/mol. The van der Waals surface area contributed by atoms with E-state index in [0.717, 1.165) is 0 Å². The summed E-state index contributed by atoms with van der Waals surface area (Å²) in [5, 5.41) is 22.7. The normalized spacial score (nSPS) is 20.0. The summed E-state index contributed by atoms with van der Waals surface area (Å²) in [5.41, 5.74) is 8.51. The third kappa shape index (κ3) is 4.27. The van der Waals surface area contributed by atoms with Crippen LogP contribution in [0.4, 0.5) is 5.69 Å². The lowest BCUT2D eigenvalue weighted by molar-refractivity contribution is -0.384. The number of carbonyl (C=O) groups excluding carboxylic acids is 3. The van der Waals surface area contributed by atoms with Gasteiger partial charge >= 0.3 is 11.7 Å². The van der Waals surface area contributed by atoms with Gasteiger partial charge in [0, 0.05) is 18.1 Å². The van der Waals surface area contributed by atoms with E-state index in [9.17, 15) is 29.6 Å². The summed E-state index contributed by atoms with van der Waals surface area (Å²) in [5.74, 6) is -4.20. The maximum Gasteiger partial charge on any atom is 0.441 e. The minimum absolute atomic E-state index is 0.132. The molecule has 1 aliphatic rings. The SMILES string of the molecule is CC(C(=O)C(=[N+]=[N-])C(=O)OCc1ccc([N+](=O)[O-])cc1)[C@H]1NC(=O)C1[C@@H](C)O. The molecule has 2 unspecified atom stereocenters. The summed E-state index contributed by atoms with van der Waals surface area (Å²) in [6.45, 7) is 2.54. The molecule has 4 atom stereocenters. The standard InChI is InChI=1S/C17H18N4O7/c1-8(13-12(9(2)22)16(24)19-13)15(23)14(20-18)17(25)28-7-10-3-5-11(6-4-10)21(26)27/h3-6,8-9,12-13,22H,7H2,1-2H3,(H,19,24)/t8?,9-,12?,13-/m1/s1. The van der Waals surface area contributed by atoms with Crippen molar-refractivity contribution in [3.63, 3.8) is 0 Å². The molecule has 0 spiro atoms. The van der Waals surface area contributed by atoms with Crippen molar-refractivity contribution < 1.29 is 33.9 Å². The Labute approximate surface area is 159 Å². The van der Waals surface area contributed by atoms with Crippen LogP contribution >= 0.6 is 0 Å². The van der Waals surface area contributed by atoms with E-state index in [1.807, 2.05) is 0 Å². The molecular formula is C17H18N4O7. The predicted molar refractivity (Wildman–Crippen MR) is 92.8 cm³/mol. The lowest BCUT2D eigenvalue weighted by Crippen LogP contribution is -2.66. The van der Waals surface area contributed by atoms with Crippen molar-refractivity contribution in [2.24, 2.45) is 11.8 Å². The Morgan fingerprint density at radius 3 is 2.43 bits per heavy atom. The summed E-state index contributed by atoms with van der Waals surface area (Å²) in [6.07, 6.45) is -0.988. The first kappa shape index (κ1) is 20.9. The molecule has 1 aromatic carbocycles. The van der Waals surface area contributed by atoms with Gasteiger partial charge in [-0.25, -0.2) is 4.79 Å². The number of nitro groups is 1. The molecule has 1 amide bonds. The van der Waals surface area contributed by atoms with Crippen molar-refractivity contribution in [2.45, 2.75) is 32.6 Å². The zero-order chi connectivity index (χ0) is 21.0. The number of nitrogens with one attached hydrogen (secondary N) is 1. The van der Waals surface area contributed by atoms with Gasteiger partial charge in [0.1, 0.15) is 6.61 Å². The van der Waals surface area contributed by atoms with Gasteiger partial charge in [-0.05, 0) is 24.6 Å². The first-order chi connectivity index (χ1) is 13.2. The van der Waals surface area contributed by atoms with Gasteiger partial charge in [0.05, 0.1) is 23.0 Å². The maximum atomic E-state index is 12.5. The fourth-order valence-electron chi connectivity index (χ4n) is 2.87. The van der Waals surface area contributed by atoms with Crippen LogP contribution in [0.3, 0.4) is 0 Å². The van der Waals surface area contributed by atoms with Gasteiger partial charge in [-0.2, -0.15) is 4.79 Å². The van der Waals surface area contributed by atoms with Gasteiger partial charge in [0.15, 0.2) is 0 Å². The minimum Gasteiger partial charge on any atom is -0.452 e.